The molecule has 0 fully saturated rings. The van der Waals surface area contributed by atoms with E-state index in [1.54, 1.807) is 18.2 Å². The first-order chi connectivity index (χ1) is 18.0. The van der Waals surface area contributed by atoms with Gasteiger partial charge < -0.3 is 28.8 Å². The van der Waals surface area contributed by atoms with Crippen LogP contribution in [0.1, 0.15) is 11.1 Å². The summed E-state index contributed by atoms with van der Waals surface area (Å²) in [5.41, 5.74) is 1.62. The summed E-state index contributed by atoms with van der Waals surface area (Å²) in [5, 5.41) is 21.1. The fourth-order valence-electron chi connectivity index (χ4n) is 3.95. The lowest BCUT2D eigenvalue weighted by molar-refractivity contribution is 0.284. The van der Waals surface area contributed by atoms with E-state index in [0.29, 0.717) is 29.4 Å². The zero-order valence-electron chi connectivity index (χ0n) is 20.0. The molecule has 1 heterocycles. The monoisotopic (exact) mass is 496 g/mol. The Labute approximate surface area is 212 Å². The van der Waals surface area contributed by atoms with Crippen LogP contribution in [-0.4, -0.2) is 17.3 Å². The van der Waals surface area contributed by atoms with Gasteiger partial charge in [-0.15, -0.1) is 0 Å². The van der Waals surface area contributed by atoms with Gasteiger partial charge in [0.1, 0.15) is 35.7 Å². The molecule has 0 saturated heterocycles. The van der Waals surface area contributed by atoms with Gasteiger partial charge in [0.05, 0.1) is 7.11 Å². The SMILES string of the molecule is COc1ccc(-c2oc3cc(OCc4ccccc4)cc(O)c3c(=O)c2O)cc1OCc1ccccc1. The number of phenols is 1. The normalized spacial score (nSPS) is 10.8. The van der Waals surface area contributed by atoms with E-state index in [9.17, 15) is 15.0 Å². The summed E-state index contributed by atoms with van der Waals surface area (Å²) in [6.07, 6.45) is 0. The van der Waals surface area contributed by atoms with E-state index in [4.69, 9.17) is 18.6 Å². The maximum Gasteiger partial charge on any atom is 0.238 e. The van der Waals surface area contributed by atoms with Crippen molar-refractivity contribution >= 4 is 11.0 Å². The van der Waals surface area contributed by atoms with Crippen molar-refractivity contribution < 1.29 is 28.8 Å². The molecule has 0 unspecified atom stereocenters. The van der Waals surface area contributed by atoms with Crippen LogP contribution in [0.5, 0.6) is 28.7 Å². The fourth-order valence-corrected chi connectivity index (χ4v) is 3.95. The van der Waals surface area contributed by atoms with Gasteiger partial charge in [0.25, 0.3) is 0 Å². The lowest BCUT2D eigenvalue weighted by Gasteiger charge is -2.14. The molecule has 2 N–H and O–H groups in total. The number of methoxy groups -OCH3 is 1. The van der Waals surface area contributed by atoms with E-state index in [1.807, 2.05) is 60.7 Å². The summed E-state index contributed by atoms with van der Waals surface area (Å²) in [5.74, 6) is 0.169. The minimum atomic E-state index is -0.758. The van der Waals surface area contributed by atoms with Crippen molar-refractivity contribution in [2.45, 2.75) is 13.2 Å². The Hall–Kier alpha value is -4.91. The molecule has 0 atom stereocenters. The molecule has 5 rings (SSSR count). The van der Waals surface area contributed by atoms with E-state index >= 15 is 0 Å². The molecule has 5 aromatic rings. The van der Waals surface area contributed by atoms with Crippen LogP contribution in [0.25, 0.3) is 22.3 Å². The number of fused-ring (bicyclic) bond motifs is 1. The molecule has 0 aliphatic rings. The van der Waals surface area contributed by atoms with Gasteiger partial charge in [-0.05, 0) is 29.3 Å². The highest BCUT2D eigenvalue weighted by Gasteiger charge is 2.20. The molecule has 4 aromatic carbocycles. The summed E-state index contributed by atoms with van der Waals surface area (Å²) in [7, 11) is 1.53. The van der Waals surface area contributed by atoms with Crippen molar-refractivity contribution in [1.29, 1.82) is 0 Å². The summed E-state index contributed by atoms with van der Waals surface area (Å²) in [6, 6.07) is 26.9. The molecular formula is C30H24O7. The van der Waals surface area contributed by atoms with Crippen molar-refractivity contribution in [3.8, 4) is 40.1 Å². The predicted molar refractivity (Wildman–Crippen MR) is 139 cm³/mol. The number of ether oxygens (including phenoxy) is 3. The van der Waals surface area contributed by atoms with Gasteiger partial charge in [0, 0.05) is 17.7 Å². The van der Waals surface area contributed by atoms with Gasteiger partial charge in [0.15, 0.2) is 17.3 Å². The predicted octanol–water partition coefficient (Wildman–Crippen LogP) is 6.04. The Morgan fingerprint density at radius 3 is 2.05 bits per heavy atom. The lowest BCUT2D eigenvalue weighted by atomic mass is 10.1. The van der Waals surface area contributed by atoms with Gasteiger partial charge in [-0.1, -0.05) is 60.7 Å². The molecule has 0 radical (unpaired) electrons. The summed E-state index contributed by atoms with van der Waals surface area (Å²) in [6.45, 7) is 0.561. The Kier molecular flexibility index (Phi) is 6.68. The van der Waals surface area contributed by atoms with Gasteiger partial charge in [-0.2, -0.15) is 0 Å². The van der Waals surface area contributed by atoms with Crippen LogP contribution in [0.2, 0.25) is 0 Å². The molecular weight excluding hydrogens is 472 g/mol. The molecule has 0 aliphatic carbocycles. The van der Waals surface area contributed by atoms with E-state index in [2.05, 4.69) is 0 Å². The topological polar surface area (TPSA) is 98.4 Å². The van der Waals surface area contributed by atoms with E-state index in [0.717, 1.165) is 11.1 Å². The number of hydrogen-bond acceptors (Lipinski definition) is 7. The molecule has 0 saturated carbocycles. The van der Waals surface area contributed by atoms with E-state index in [1.165, 1.54) is 19.2 Å². The third kappa shape index (κ3) is 5.06. The van der Waals surface area contributed by atoms with Crippen LogP contribution >= 0.6 is 0 Å². The molecule has 186 valence electrons. The van der Waals surface area contributed by atoms with Crippen molar-refractivity contribution in [2.75, 3.05) is 7.11 Å². The maximum atomic E-state index is 13.0. The first kappa shape index (κ1) is 23.8. The lowest BCUT2D eigenvalue weighted by Crippen LogP contribution is -2.04. The van der Waals surface area contributed by atoms with E-state index in [-0.39, 0.29) is 29.1 Å². The largest absolute Gasteiger partial charge is 0.507 e. The van der Waals surface area contributed by atoms with Crippen LogP contribution in [0, 0.1) is 0 Å². The highest BCUT2D eigenvalue weighted by Crippen LogP contribution is 2.39. The van der Waals surface area contributed by atoms with Crippen molar-refractivity contribution in [2.24, 2.45) is 0 Å². The van der Waals surface area contributed by atoms with Crippen LogP contribution in [0.4, 0.5) is 0 Å². The van der Waals surface area contributed by atoms with Gasteiger partial charge in [0.2, 0.25) is 11.2 Å². The van der Waals surface area contributed by atoms with Gasteiger partial charge >= 0.3 is 0 Å². The highest BCUT2D eigenvalue weighted by molar-refractivity contribution is 5.88. The third-order valence-electron chi connectivity index (χ3n) is 5.84. The Balaban J connectivity index is 1.51. The zero-order valence-corrected chi connectivity index (χ0v) is 20.0. The molecule has 0 aliphatic heterocycles. The molecule has 7 nitrogen and oxygen atoms in total. The smallest absolute Gasteiger partial charge is 0.238 e. The third-order valence-corrected chi connectivity index (χ3v) is 5.84. The first-order valence-electron chi connectivity index (χ1n) is 11.6. The number of aromatic hydroxyl groups is 2. The molecule has 37 heavy (non-hydrogen) atoms. The summed E-state index contributed by atoms with van der Waals surface area (Å²) in [4.78, 5) is 13.0. The maximum absolute atomic E-state index is 13.0. The molecule has 7 heteroatoms. The van der Waals surface area contributed by atoms with Crippen LogP contribution < -0.4 is 19.6 Å². The molecule has 1 aromatic heterocycles. The molecule has 0 amide bonds. The van der Waals surface area contributed by atoms with Crippen LogP contribution in [0.15, 0.2) is 100 Å². The quantitative estimate of drug-likeness (QED) is 0.270. The molecule has 0 spiro atoms. The molecule has 0 bridgehead atoms. The summed E-state index contributed by atoms with van der Waals surface area (Å²) >= 11 is 0. The average molecular weight is 497 g/mol. The van der Waals surface area contributed by atoms with Crippen LogP contribution in [0.3, 0.4) is 0 Å². The Bertz CT molecular complexity index is 1590. The van der Waals surface area contributed by atoms with Gasteiger partial charge in [-0.3, -0.25) is 4.79 Å². The van der Waals surface area contributed by atoms with Crippen molar-refractivity contribution in [3.63, 3.8) is 0 Å². The van der Waals surface area contributed by atoms with Crippen molar-refractivity contribution in [3.05, 3.63) is 112 Å². The number of benzene rings is 4. The van der Waals surface area contributed by atoms with Crippen molar-refractivity contribution in [1.82, 2.24) is 0 Å². The average Bonchev–Trinajstić information content (AvgIpc) is 2.93. The second kappa shape index (κ2) is 10.4. The Morgan fingerprint density at radius 1 is 0.757 bits per heavy atom. The minimum Gasteiger partial charge on any atom is -0.507 e. The van der Waals surface area contributed by atoms with Gasteiger partial charge in [-0.25, -0.2) is 0 Å². The summed E-state index contributed by atoms with van der Waals surface area (Å²) < 4.78 is 23.1. The first-order valence-corrected chi connectivity index (χ1v) is 11.6. The number of hydrogen-bond donors (Lipinski definition) is 2. The second-order valence-electron chi connectivity index (χ2n) is 8.34. The minimum absolute atomic E-state index is 0.0654. The highest BCUT2D eigenvalue weighted by atomic mass is 16.5. The number of rotatable bonds is 8. The second-order valence-corrected chi connectivity index (χ2v) is 8.34. The standard InChI is InChI=1S/C30H24O7/c1-34-24-13-12-21(14-25(24)36-18-20-10-6-3-7-11-20)30-29(33)28(32)27-23(31)15-22(16-26(27)37-30)35-17-19-8-4-2-5-9-19/h2-16,31,33H,17-18H2,1H3. The fraction of sp³-hybridized carbons (Fsp3) is 0.100. The Morgan fingerprint density at radius 2 is 1.41 bits per heavy atom. The van der Waals surface area contributed by atoms with E-state index < -0.39 is 11.2 Å². The zero-order chi connectivity index (χ0) is 25.8. The number of phenolic OH excluding ortho intramolecular Hbond substituents is 1. The van der Waals surface area contributed by atoms with Crippen LogP contribution in [-0.2, 0) is 13.2 Å².